The van der Waals surface area contributed by atoms with E-state index in [9.17, 15) is 40.2 Å². The highest BCUT2D eigenvalue weighted by atomic mass is 16.7. The molecule has 0 radical (unpaired) electrons. The molecular formula is C26H36O11. The normalized spacial score (nSPS) is 58.6. The molecule has 2 bridgehead atoms. The Morgan fingerprint density at radius 2 is 1.76 bits per heavy atom. The van der Waals surface area contributed by atoms with Crippen molar-refractivity contribution in [1.29, 1.82) is 0 Å². The van der Waals surface area contributed by atoms with E-state index in [0.717, 1.165) is 0 Å². The molecule has 2 aliphatic heterocycles. The molecule has 15 atom stereocenters. The van der Waals surface area contributed by atoms with Crippen molar-refractivity contribution in [2.75, 3.05) is 6.61 Å². The van der Waals surface area contributed by atoms with Gasteiger partial charge in [-0.15, -0.1) is 0 Å². The number of aliphatic hydroxyl groups is 6. The fourth-order valence-electron chi connectivity index (χ4n) is 9.50. The van der Waals surface area contributed by atoms with Crippen molar-refractivity contribution in [1.82, 2.24) is 0 Å². The highest BCUT2D eigenvalue weighted by molar-refractivity contribution is 5.87. The summed E-state index contributed by atoms with van der Waals surface area (Å²) in [4.78, 5) is 27.2. The van der Waals surface area contributed by atoms with Crippen LogP contribution in [0.1, 0.15) is 39.5 Å². The lowest BCUT2D eigenvalue weighted by molar-refractivity contribution is -0.349. The largest absolute Gasteiger partial charge is 0.459 e. The maximum absolute atomic E-state index is 13.9. The first-order valence-electron chi connectivity index (χ1n) is 13.0. The molecule has 1 spiro atoms. The van der Waals surface area contributed by atoms with Gasteiger partial charge in [-0.3, -0.25) is 9.59 Å². The summed E-state index contributed by atoms with van der Waals surface area (Å²) in [6.07, 6.45) is -11.0. The van der Waals surface area contributed by atoms with Crippen LogP contribution >= 0.6 is 0 Å². The second-order valence-corrected chi connectivity index (χ2v) is 12.7. The number of carbonyl (C=O) groups excluding carboxylic acids is 2. The lowest BCUT2D eigenvalue weighted by atomic mass is 9.39. The number of hydrogen-bond donors (Lipinski definition) is 6. The summed E-state index contributed by atoms with van der Waals surface area (Å²) in [5.41, 5.74) is -2.61. The number of rotatable bonds is 3. The Morgan fingerprint density at radius 3 is 2.43 bits per heavy atom. The molecule has 37 heavy (non-hydrogen) atoms. The third-order valence-corrected chi connectivity index (χ3v) is 10.7. The first-order chi connectivity index (χ1) is 17.3. The number of esters is 1. The van der Waals surface area contributed by atoms with E-state index in [1.165, 1.54) is 0 Å². The zero-order valence-electron chi connectivity index (χ0n) is 20.9. The summed E-state index contributed by atoms with van der Waals surface area (Å²) in [5, 5.41) is 63.6. The standard InChI is InChI=1S/C26H36O11/c1-9-5-26-18(12(29)4-11(9)20(26)33)24(2)6-10(28)7-25(3)19(24)17(36-23(25)34)21(26)37-22-16(32)15(31)14(30)13(8-27)35-22/h10-11,13-22,27-28,30-33H,1,4-8H2,2-3H3/t10-,11-,13+,14+,15-,16+,17+,18-,19-,20+,21-,22-,24-,25+,26+/m0/s1. The van der Waals surface area contributed by atoms with E-state index in [0.29, 0.717) is 5.57 Å². The van der Waals surface area contributed by atoms with Gasteiger partial charge >= 0.3 is 5.97 Å². The van der Waals surface area contributed by atoms with Crippen LogP contribution in [0, 0.1) is 34.0 Å². The van der Waals surface area contributed by atoms with Crippen molar-refractivity contribution in [3.63, 3.8) is 0 Å². The molecule has 11 nitrogen and oxygen atoms in total. The molecular weight excluding hydrogens is 488 g/mol. The average molecular weight is 525 g/mol. The minimum Gasteiger partial charge on any atom is -0.459 e. The highest BCUT2D eigenvalue weighted by Crippen LogP contribution is 2.74. The van der Waals surface area contributed by atoms with Crippen molar-refractivity contribution in [2.45, 2.75) is 94.7 Å². The van der Waals surface area contributed by atoms with Gasteiger partial charge in [0.25, 0.3) is 0 Å². The van der Waals surface area contributed by atoms with Crippen molar-refractivity contribution in [3.05, 3.63) is 12.2 Å². The van der Waals surface area contributed by atoms with Gasteiger partial charge < -0.3 is 44.8 Å². The molecule has 206 valence electrons. The summed E-state index contributed by atoms with van der Waals surface area (Å²) in [6.45, 7) is 7.09. The van der Waals surface area contributed by atoms with E-state index in [2.05, 4.69) is 6.58 Å². The van der Waals surface area contributed by atoms with E-state index in [1.807, 2.05) is 6.92 Å². The molecule has 0 aromatic heterocycles. The van der Waals surface area contributed by atoms with Crippen LogP contribution in [0.4, 0.5) is 0 Å². The monoisotopic (exact) mass is 524 g/mol. The smallest absolute Gasteiger partial charge is 0.312 e. The number of ether oxygens (including phenoxy) is 3. The molecule has 0 aromatic rings. The van der Waals surface area contributed by atoms with Gasteiger partial charge in [0.15, 0.2) is 6.29 Å². The Hall–Kier alpha value is -1.44. The quantitative estimate of drug-likeness (QED) is 0.142. The predicted octanol–water partition coefficient (Wildman–Crippen LogP) is -1.59. The van der Waals surface area contributed by atoms with Gasteiger partial charge in [0.05, 0.1) is 24.2 Å². The number of ketones is 1. The number of fused-ring (bicyclic) bond motifs is 2. The average Bonchev–Trinajstić information content (AvgIpc) is 3.15. The summed E-state index contributed by atoms with van der Waals surface area (Å²) >= 11 is 0. The third-order valence-electron chi connectivity index (χ3n) is 10.7. The van der Waals surface area contributed by atoms with Crippen LogP contribution in [0.2, 0.25) is 0 Å². The predicted molar refractivity (Wildman–Crippen MR) is 122 cm³/mol. The summed E-state index contributed by atoms with van der Waals surface area (Å²) in [6, 6.07) is 0. The van der Waals surface area contributed by atoms with Crippen LogP contribution in [0.25, 0.3) is 0 Å². The summed E-state index contributed by atoms with van der Waals surface area (Å²) in [5.74, 6) is -2.48. The van der Waals surface area contributed by atoms with Crippen molar-refractivity contribution >= 4 is 11.8 Å². The molecule has 11 heteroatoms. The van der Waals surface area contributed by atoms with Crippen molar-refractivity contribution in [2.24, 2.45) is 34.0 Å². The Balaban J connectivity index is 1.50. The molecule has 2 heterocycles. The number of aliphatic hydroxyl groups excluding tert-OH is 6. The van der Waals surface area contributed by atoms with Crippen LogP contribution in [-0.4, -0.2) is 104 Å². The SMILES string of the molecule is C=C1C[C@]23[C@H](O)[C@H]1CC(=O)[C@H]2[C@]1(C)C[C@H](O)C[C@@]2(C)C(=O)O[C@@H]([C@@H]3O[C@@H]3O[C@H](CO)[C@@H](O)[C@H](O)[C@H]3O)[C@@H]12. The number of carbonyl (C=O) groups is 2. The Morgan fingerprint density at radius 1 is 1.05 bits per heavy atom. The van der Waals surface area contributed by atoms with Crippen LogP contribution in [-0.2, 0) is 23.8 Å². The molecule has 0 amide bonds. The summed E-state index contributed by atoms with van der Waals surface area (Å²) in [7, 11) is 0. The maximum atomic E-state index is 13.9. The Labute approximate surface area is 214 Å². The van der Waals surface area contributed by atoms with Crippen molar-refractivity contribution < 1.29 is 54.4 Å². The van der Waals surface area contributed by atoms with Crippen molar-refractivity contribution in [3.8, 4) is 0 Å². The van der Waals surface area contributed by atoms with Crippen LogP contribution < -0.4 is 0 Å². The maximum Gasteiger partial charge on any atom is 0.312 e. The minimum atomic E-state index is -1.71. The molecule has 6 N–H and O–H groups in total. The van der Waals surface area contributed by atoms with E-state index in [1.54, 1.807) is 6.92 Å². The van der Waals surface area contributed by atoms with Gasteiger partial charge in [-0.25, -0.2) is 0 Å². The lowest BCUT2D eigenvalue weighted by Gasteiger charge is -2.65. The summed E-state index contributed by atoms with van der Waals surface area (Å²) < 4.78 is 18.0. The zero-order chi connectivity index (χ0) is 26.8. The first kappa shape index (κ1) is 25.8. The molecule has 6 fully saturated rings. The fourth-order valence-corrected chi connectivity index (χ4v) is 9.50. The topological polar surface area (TPSA) is 183 Å². The minimum absolute atomic E-state index is 0.0910. The van der Waals surface area contributed by atoms with E-state index < -0.39 is 102 Å². The van der Waals surface area contributed by atoms with E-state index in [4.69, 9.17) is 14.2 Å². The molecule has 6 rings (SSSR count). The van der Waals surface area contributed by atoms with Crippen LogP contribution in [0.3, 0.4) is 0 Å². The molecule has 4 saturated carbocycles. The molecule has 0 aromatic carbocycles. The molecule has 2 saturated heterocycles. The highest BCUT2D eigenvalue weighted by Gasteiger charge is 2.80. The lowest BCUT2D eigenvalue weighted by Crippen LogP contribution is -2.73. The molecule has 4 aliphatic carbocycles. The second-order valence-electron chi connectivity index (χ2n) is 12.7. The Bertz CT molecular complexity index is 1030. The second kappa shape index (κ2) is 8.04. The van der Waals surface area contributed by atoms with Crippen LogP contribution in [0.15, 0.2) is 12.2 Å². The van der Waals surface area contributed by atoms with Crippen LogP contribution in [0.5, 0.6) is 0 Å². The van der Waals surface area contributed by atoms with Gasteiger partial charge in [0.2, 0.25) is 0 Å². The van der Waals surface area contributed by atoms with Gasteiger partial charge in [-0.1, -0.05) is 19.1 Å². The molecule has 0 unspecified atom stereocenters. The van der Waals surface area contributed by atoms with Gasteiger partial charge in [-0.05, 0) is 31.6 Å². The van der Waals surface area contributed by atoms with Gasteiger partial charge in [-0.2, -0.15) is 0 Å². The third kappa shape index (κ3) is 3.05. The number of Topliss-reactive ketones (excluding diaryl/α,β-unsaturated/α-hetero) is 1. The van der Waals surface area contributed by atoms with Gasteiger partial charge in [0.1, 0.15) is 42.4 Å². The number of hydrogen-bond acceptors (Lipinski definition) is 11. The first-order valence-corrected chi connectivity index (χ1v) is 13.0. The van der Waals surface area contributed by atoms with E-state index in [-0.39, 0.29) is 31.5 Å². The fraction of sp³-hybridized carbons (Fsp3) is 0.846. The van der Waals surface area contributed by atoms with E-state index >= 15 is 0 Å². The zero-order valence-corrected chi connectivity index (χ0v) is 20.9. The molecule has 6 aliphatic rings. The van der Waals surface area contributed by atoms with Gasteiger partial charge in [0, 0.05) is 29.6 Å². The Kier molecular flexibility index (Phi) is 5.61.